The molecule has 1 aliphatic heterocycles. The zero-order valence-corrected chi connectivity index (χ0v) is 14.2. The number of hydrogen-bond acceptors (Lipinski definition) is 3. The number of amides is 1. The van der Waals surface area contributed by atoms with E-state index in [1.165, 1.54) is 0 Å². The van der Waals surface area contributed by atoms with Gasteiger partial charge in [-0.2, -0.15) is 0 Å². The summed E-state index contributed by atoms with van der Waals surface area (Å²) in [6.07, 6.45) is 3.74. The second-order valence-electron chi connectivity index (χ2n) is 6.38. The Hall–Kier alpha value is -2.72. The first-order valence-electron chi connectivity index (χ1n) is 8.60. The number of anilines is 1. The van der Waals surface area contributed by atoms with Crippen molar-refractivity contribution in [3.05, 3.63) is 71.4 Å². The van der Waals surface area contributed by atoms with Gasteiger partial charge in [-0.1, -0.05) is 36.4 Å². The summed E-state index contributed by atoms with van der Waals surface area (Å²) in [6, 6.07) is 15.6. The summed E-state index contributed by atoms with van der Waals surface area (Å²) in [7, 11) is 0. The Kier molecular flexibility index (Phi) is 4.20. The van der Waals surface area contributed by atoms with Gasteiger partial charge in [0.05, 0.1) is 17.3 Å². The molecule has 126 valence electrons. The molecule has 1 fully saturated rings. The average molecular weight is 332 g/mol. The molecule has 4 rings (SSSR count). The van der Waals surface area contributed by atoms with Gasteiger partial charge in [-0.15, -0.1) is 0 Å². The van der Waals surface area contributed by atoms with E-state index < -0.39 is 0 Å². The number of hydrogen-bond donors (Lipinski definition) is 1. The van der Waals surface area contributed by atoms with Crippen LogP contribution in [-0.2, 0) is 4.74 Å². The highest BCUT2D eigenvalue weighted by atomic mass is 16.5. The lowest BCUT2D eigenvalue weighted by Gasteiger charge is -2.17. The van der Waals surface area contributed by atoms with Gasteiger partial charge in [-0.05, 0) is 43.0 Å². The van der Waals surface area contributed by atoms with Gasteiger partial charge < -0.3 is 10.1 Å². The molecule has 1 aromatic heterocycles. The molecule has 1 aliphatic rings. The summed E-state index contributed by atoms with van der Waals surface area (Å²) in [5.74, 6) is -0.109. The fourth-order valence-electron chi connectivity index (χ4n) is 3.48. The van der Waals surface area contributed by atoms with Crippen molar-refractivity contribution >= 4 is 22.5 Å². The Morgan fingerprint density at radius 1 is 1.16 bits per heavy atom. The van der Waals surface area contributed by atoms with E-state index in [-0.39, 0.29) is 12.0 Å². The van der Waals surface area contributed by atoms with Crippen molar-refractivity contribution in [3.8, 4) is 0 Å². The predicted octanol–water partition coefficient (Wildman–Crippen LogP) is 4.65. The van der Waals surface area contributed by atoms with E-state index in [0.29, 0.717) is 5.56 Å². The highest BCUT2D eigenvalue weighted by Crippen LogP contribution is 2.32. The van der Waals surface area contributed by atoms with Gasteiger partial charge in [-0.3, -0.25) is 9.78 Å². The fraction of sp³-hybridized carbons (Fsp3) is 0.238. The van der Waals surface area contributed by atoms with E-state index >= 15 is 0 Å². The summed E-state index contributed by atoms with van der Waals surface area (Å²) in [4.78, 5) is 17.5. The average Bonchev–Trinajstić information content (AvgIpc) is 3.16. The number of pyridine rings is 1. The maximum Gasteiger partial charge on any atom is 0.256 e. The van der Waals surface area contributed by atoms with Gasteiger partial charge in [0, 0.05) is 23.8 Å². The molecule has 2 heterocycles. The maximum absolute atomic E-state index is 13.1. The largest absolute Gasteiger partial charge is 0.374 e. The third-order valence-electron chi connectivity index (χ3n) is 4.69. The van der Waals surface area contributed by atoms with Crippen molar-refractivity contribution in [3.63, 3.8) is 0 Å². The van der Waals surface area contributed by atoms with Crippen LogP contribution in [0.25, 0.3) is 10.9 Å². The standard InChI is InChI=1S/C21H20N2O2/c1-14-6-2-9-16(18-11-5-13-25-18)19(14)21(24)23-17-10-3-7-15-8-4-12-22-20(15)17/h2-4,6-10,12,18H,5,11,13H2,1H3,(H,23,24). The Labute approximate surface area is 146 Å². The quantitative estimate of drug-likeness (QED) is 0.760. The SMILES string of the molecule is Cc1cccc(C2CCCO2)c1C(=O)Nc1cccc2cccnc12. The molecule has 1 atom stereocenters. The summed E-state index contributed by atoms with van der Waals surface area (Å²) < 4.78 is 5.81. The summed E-state index contributed by atoms with van der Waals surface area (Å²) in [6.45, 7) is 2.72. The number of carbonyl (C=O) groups is 1. The minimum absolute atomic E-state index is 0.00583. The van der Waals surface area contributed by atoms with Crippen molar-refractivity contribution in [2.24, 2.45) is 0 Å². The Balaban J connectivity index is 1.72. The number of aryl methyl sites for hydroxylation is 1. The van der Waals surface area contributed by atoms with Crippen LogP contribution in [0.3, 0.4) is 0 Å². The molecule has 25 heavy (non-hydrogen) atoms. The number of para-hydroxylation sites is 1. The summed E-state index contributed by atoms with van der Waals surface area (Å²) >= 11 is 0. The Bertz CT molecular complexity index is 925. The maximum atomic E-state index is 13.1. The van der Waals surface area contributed by atoms with Crippen LogP contribution < -0.4 is 5.32 Å². The molecule has 0 aliphatic carbocycles. The second kappa shape index (κ2) is 6.65. The van der Waals surface area contributed by atoms with Crippen LogP contribution in [0.15, 0.2) is 54.7 Å². The van der Waals surface area contributed by atoms with Crippen molar-refractivity contribution in [2.45, 2.75) is 25.9 Å². The molecule has 0 spiro atoms. The molecule has 0 saturated carbocycles. The predicted molar refractivity (Wildman–Crippen MR) is 98.8 cm³/mol. The van der Waals surface area contributed by atoms with Crippen molar-refractivity contribution in [1.29, 1.82) is 0 Å². The van der Waals surface area contributed by atoms with Crippen LogP contribution in [0.2, 0.25) is 0 Å². The van der Waals surface area contributed by atoms with Gasteiger partial charge >= 0.3 is 0 Å². The fourth-order valence-corrected chi connectivity index (χ4v) is 3.48. The van der Waals surface area contributed by atoms with Crippen molar-refractivity contribution < 1.29 is 9.53 Å². The normalized spacial score (nSPS) is 16.9. The van der Waals surface area contributed by atoms with E-state index in [0.717, 1.165) is 47.2 Å². The monoisotopic (exact) mass is 332 g/mol. The summed E-state index contributed by atoms with van der Waals surface area (Å²) in [5.41, 5.74) is 4.17. The zero-order chi connectivity index (χ0) is 17.2. The minimum atomic E-state index is -0.109. The van der Waals surface area contributed by atoms with Crippen LogP contribution in [0, 0.1) is 6.92 Å². The third-order valence-corrected chi connectivity index (χ3v) is 4.69. The highest BCUT2D eigenvalue weighted by molar-refractivity contribution is 6.09. The Morgan fingerprint density at radius 3 is 2.84 bits per heavy atom. The molecule has 1 saturated heterocycles. The number of benzene rings is 2. The minimum Gasteiger partial charge on any atom is -0.374 e. The molecule has 4 nitrogen and oxygen atoms in total. The Morgan fingerprint density at radius 2 is 2.00 bits per heavy atom. The van der Waals surface area contributed by atoms with Crippen LogP contribution in [0.4, 0.5) is 5.69 Å². The first-order valence-corrected chi connectivity index (χ1v) is 8.60. The highest BCUT2D eigenvalue weighted by Gasteiger charge is 2.24. The third kappa shape index (κ3) is 3.01. The topological polar surface area (TPSA) is 51.2 Å². The number of carbonyl (C=O) groups excluding carboxylic acids is 1. The summed E-state index contributed by atoms with van der Waals surface area (Å²) in [5, 5.41) is 4.05. The van der Waals surface area contributed by atoms with Gasteiger partial charge in [0.1, 0.15) is 0 Å². The number of fused-ring (bicyclic) bond motifs is 1. The van der Waals surface area contributed by atoms with Crippen LogP contribution in [0.1, 0.15) is 40.4 Å². The van der Waals surface area contributed by atoms with E-state index in [1.54, 1.807) is 6.20 Å². The van der Waals surface area contributed by atoms with Crippen LogP contribution in [-0.4, -0.2) is 17.5 Å². The van der Waals surface area contributed by atoms with Crippen LogP contribution in [0.5, 0.6) is 0 Å². The molecular weight excluding hydrogens is 312 g/mol. The van der Waals surface area contributed by atoms with Gasteiger partial charge in [0.2, 0.25) is 0 Å². The number of aromatic nitrogens is 1. The first-order chi connectivity index (χ1) is 12.2. The lowest BCUT2D eigenvalue weighted by molar-refractivity contribution is 0.0986. The van der Waals surface area contributed by atoms with Crippen molar-refractivity contribution in [2.75, 3.05) is 11.9 Å². The molecule has 1 N–H and O–H groups in total. The van der Waals surface area contributed by atoms with E-state index in [4.69, 9.17) is 4.74 Å². The van der Waals surface area contributed by atoms with E-state index in [9.17, 15) is 4.79 Å². The second-order valence-corrected chi connectivity index (χ2v) is 6.38. The number of ether oxygens (including phenoxy) is 1. The molecule has 3 aromatic rings. The lowest BCUT2D eigenvalue weighted by atomic mass is 9.95. The van der Waals surface area contributed by atoms with Crippen LogP contribution >= 0.6 is 0 Å². The number of nitrogens with one attached hydrogen (secondary N) is 1. The molecule has 1 amide bonds. The smallest absolute Gasteiger partial charge is 0.256 e. The first kappa shape index (κ1) is 15.8. The van der Waals surface area contributed by atoms with Gasteiger partial charge in [-0.25, -0.2) is 0 Å². The molecule has 2 aromatic carbocycles. The molecule has 1 unspecified atom stereocenters. The van der Waals surface area contributed by atoms with Crippen molar-refractivity contribution in [1.82, 2.24) is 4.98 Å². The lowest BCUT2D eigenvalue weighted by Crippen LogP contribution is -2.17. The molecule has 0 radical (unpaired) electrons. The van der Waals surface area contributed by atoms with Gasteiger partial charge in [0.15, 0.2) is 0 Å². The molecule has 4 heteroatoms. The van der Waals surface area contributed by atoms with E-state index in [1.807, 2.05) is 55.5 Å². The van der Waals surface area contributed by atoms with E-state index in [2.05, 4.69) is 10.3 Å². The number of nitrogens with zero attached hydrogens (tertiary/aromatic N) is 1. The molecule has 0 bridgehead atoms. The zero-order valence-electron chi connectivity index (χ0n) is 14.2. The number of rotatable bonds is 3. The van der Waals surface area contributed by atoms with Gasteiger partial charge in [0.25, 0.3) is 5.91 Å². The molecular formula is C21H20N2O2.